The van der Waals surface area contributed by atoms with Crippen LogP contribution < -0.4 is 26.3 Å². The van der Waals surface area contributed by atoms with Crippen LogP contribution in [0.5, 0.6) is 5.75 Å². The van der Waals surface area contributed by atoms with E-state index in [4.69, 9.17) is 9.47 Å². The first-order chi connectivity index (χ1) is 13.2. The number of halogens is 1. The van der Waals surface area contributed by atoms with Crippen LogP contribution in [0.1, 0.15) is 38.2 Å². The van der Waals surface area contributed by atoms with Gasteiger partial charge < -0.3 is 31.4 Å². The predicted octanol–water partition coefficient (Wildman–Crippen LogP) is 0.806. The molecule has 28 heavy (non-hydrogen) atoms. The van der Waals surface area contributed by atoms with E-state index in [1.54, 1.807) is 4.90 Å². The number of unbranched alkanes of at least 4 members (excludes halogenated alkanes) is 1. The van der Waals surface area contributed by atoms with Crippen molar-refractivity contribution in [2.45, 2.75) is 45.3 Å². The van der Waals surface area contributed by atoms with Gasteiger partial charge in [-0.1, -0.05) is 43.7 Å². The Kier molecular flexibility index (Phi) is 9.28. The third-order valence-electron chi connectivity index (χ3n) is 4.79. The molecule has 152 valence electrons. The second-order valence-corrected chi connectivity index (χ2v) is 6.96. The van der Waals surface area contributed by atoms with Crippen molar-refractivity contribution in [1.29, 1.82) is 0 Å². The van der Waals surface area contributed by atoms with Crippen LogP contribution in [0.15, 0.2) is 54.9 Å². The molecule has 5 nitrogen and oxygen atoms in total. The fraction of sp³-hybridized carbons (Fsp3) is 0.455. The molecule has 1 aliphatic heterocycles. The van der Waals surface area contributed by atoms with Gasteiger partial charge >= 0.3 is 6.09 Å². The van der Waals surface area contributed by atoms with Gasteiger partial charge in [0.15, 0.2) is 18.9 Å². The summed E-state index contributed by atoms with van der Waals surface area (Å²) >= 11 is 0. The minimum atomic E-state index is -0.191. The summed E-state index contributed by atoms with van der Waals surface area (Å²) in [4.78, 5) is 13.8. The molecule has 0 saturated carbocycles. The van der Waals surface area contributed by atoms with Crippen molar-refractivity contribution >= 4 is 6.09 Å². The van der Waals surface area contributed by atoms with Gasteiger partial charge in [0, 0.05) is 43.6 Å². The normalized spacial score (nSPS) is 14.2. The zero-order valence-corrected chi connectivity index (χ0v) is 18.0. The Bertz CT molecular complexity index is 701. The van der Waals surface area contributed by atoms with Gasteiger partial charge in [-0.05, 0) is 6.42 Å². The minimum Gasteiger partial charge on any atom is -1.00 e. The first-order valence-electron chi connectivity index (χ1n) is 9.86. The predicted molar refractivity (Wildman–Crippen MR) is 104 cm³/mol. The maximum Gasteiger partial charge on any atom is 0.409 e. The molecule has 0 aliphatic carbocycles. The molecule has 0 bridgehead atoms. The molecular formula is C22H29BrN2O3. The quantitative estimate of drug-likeness (QED) is 0.464. The number of piperidine rings is 1. The van der Waals surface area contributed by atoms with Crippen molar-refractivity contribution in [3.05, 3.63) is 60.4 Å². The first kappa shape index (κ1) is 22.2. The lowest BCUT2D eigenvalue weighted by atomic mass is 10.1. The van der Waals surface area contributed by atoms with E-state index in [-0.39, 0.29) is 29.2 Å². The van der Waals surface area contributed by atoms with Crippen LogP contribution >= 0.6 is 0 Å². The van der Waals surface area contributed by atoms with E-state index in [2.05, 4.69) is 35.8 Å². The molecular weight excluding hydrogens is 420 g/mol. The number of pyridine rings is 1. The molecule has 1 amide bonds. The van der Waals surface area contributed by atoms with Crippen LogP contribution in [0.25, 0.3) is 0 Å². The third kappa shape index (κ3) is 6.82. The van der Waals surface area contributed by atoms with Crippen molar-refractivity contribution in [2.24, 2.45) is 0 Å². The highest BCUT2D eigenvalue weighted by atomic mass is 79.9. The topological polar surface area (TPSA) is 42.6 Å². The molecule has 2 aromatic rings. The summed E-state index contributed by atoms with van der Waals surface area (Å²) in [6.45, 7) is 4.83. The monoisotopic (exact) mass is 448 g/mol. The zero-order valence-electron chi connectivity index (χ0n) is 16.4. The lowest BCUT2D eigenvalue weighted by Crippen LogP contribution is -3.00. The summed E-state index contributed by atoms with van der Waals surface area (Å²) in [5, 5.41) is 0. The largest absolute Gasteiger partial charge is 1.00 e. The summed E-state index contributed by atoms with van der Waals surface area (Å²) in [5.74, 6) is 0.878. The molecule has 0 spiro atoms. The first-order valence-corrected chi connectivity index (χ1v) is 9.86. The van der Waals surface area contributed by atoms with Crippen LogP contribution in [0, 0.1) is 0 Å². The average molecular weight is 449 g/mol. The van der Waals surface area contributed by atoms with Gasteiger partial charge in [-0.3, -0.25) is 0 Å². The Balaban J connectivity index is 0.00000280. The van der Waals surface area contributed by atoms with E-state index in [0.717, 1.165) is 38.0 Å². The van der Waals surface area contributed by atoms with E-state index in [1.807, 2.05) is 30.6 Å². The standard InChI is InChI=1S/C22H29N2O3.BrH/c1-2-3-17-26-22(25)24-15-11-21(12-16-24)27-20-9-13-23(14-10-20)18-19-7-5-4-6-8-19;/h4-10,13-14,21H,2-3,11-12,15-18H2,1H3;1H/q+1;/p-1. The van der Waals surface area contributed by atoms with E-state index in [1.165, 1.54) is 5.56 Å². The van der Waals surface area contributed by atoms with E-state index < -0.39 is 0 Å². The number of amides is 1. The van der Waals surface area contributed by atoms with Crippen LogP contribution in [0.3, 0.4) is 0 Å². The van der Waals surface area contributed by atoms with Gasteiger partial charge in [0.1, 0.15) is 11.9 Å². The molecule has 1 aromatic heterocycles. The molecule has 6 heteroatoms. The summed E-state index contributed by atoms with van der Waals surface area (Å²) in [6.07, 6.45) is 7.67. The van der Waals surface area contributed by atoms with Gasteiger partial charge in [0.25, 0.3) is 0 Å². The summed E-state index contributed by atoms with van der Waals surface area (Å²) in [5.41, 5.74) is 1.27. The molecule has 3 rings (SSSR count). The maximum absolute atomic E-state index is 12.0. The minimum absolute atomic E-state index is 0. The van der Waals surface area contributed by atoms with Crippen molar-refractivity contribution in [1.82, 2.24) is 4.90 Å². The molecule has 0 atom stereocenters. The molecule has 0 unspecified atom stereocenters. The van der Waals surface area contributed by atoms with Crippen LogP contribution in [0.4, 0.5) is 4.79 Å². The number of benzene rings is 1. The van der Waals surface area contributed by atoms with Gasteiger partial charge in [-0.25, -0.2) is 9.36 Å². The Morgan fingerprint density at radius 3 is 2.43 bits per heavy atom. The number of nitrogens with zero attached hydrogens (tertiary/aromatic N) is 2. The molecule has 0 N–H and O–H groups in total. The maximum atomic E-state index is 12.0. The second kappa shape index (κ2) is 11.7. The second-order valence-electron chi connectivity index (χ2n) is 6.96. The lowest BCUT2D eigenvalue weighted by Gasteiger charge is -2.31. The number of rotatable bonds is 7. The third-order valence-corrected chi connectivity index (χ3v) is 4.79. The molecule has 1 aromatic carbocycles. The lowest BCUT2D eigenvalue weighted by molar-refractivity contribution is -0.688. The number of carbonyl (C=O) groups is 1. The number of aromatic nitrogens is 1. The van der Waals surface area contributed by atoms with Crippen LogP contribution in [0.2, 0.25) is 0 Å². The molecule has 1 saturated heterocycles. The average Bonchev–Trinajstić information content (AvgIpc) is 2.71. The molecule has 1 aliphatic rings. The van der Waals surface area contributed by atoms with Crippen molar-refractivity contribution in [3.63, 3.8) is 0 Å². The number of hydrogen-bond acceptors (Lipinski definition) is 3. The summed E-state index contributed by atoms with van der Waals surface area (Å²) in [7, 11) is 0. The number of carbonyl (C=O) groups excluding carboxylic acids is 1. The zero-order chi connectivity index (χ0) is 18.9. The Hall–Kier alpha value is -2.08. The highest BCUT2D eigenvalue weighted by Gasteiger charge is 2.25. The number of likely N-dealkylation sites (tertiary alicyclic amines) is 1. The van der Waals surface area contributed by atoms with E-state index in [9.17, 15) is 4.79 Å². The van der Waals surface area contributed by atoms with Crippen LogP contribution in [-0.2, 0) is 11.3 Å². The smallest absolute Gasteiger partial charge is 0.409 e. The summed E-state index contributed by atoms with van der Waals surface area (Å²) in [6, 6.07) is 14.4. The van der Waals surface area contributed by atoms with Crippen LogP contribution in [-0.4, -0.2) is 36.8 Å². The van der Waals surface area contributed by atoms with E-state index in [0.29, 0.717) is 19.7 Å². The number of ether oxygens (including phenoxy) is 2. The van der Waals surface area contributed by atoms with Crippen molar-refractivity contribution in [3.8, 4) is 5.75 Å². The summed E-state index contributed by atoms with van der Waals surface area (Å²) < 4.78 is 13.5. The van der Waals surface area contributed by atoms with Crippen molar-refractivity contribution < 1.29 is 35.8 Å². The Labute approximate surface area is 178 Å². The van der Waals surface area contributed by atoms with Gasteiger partial charge in [-0.15, -0.1) is 0 Å². The Morgan fingerprint density at radius 2 is 1.79 bits per heavy atom. The Morgan fingerprint density at radius 1 is 1.11 bits per heavy atom. The van der Waals surface area contributed by atoms with Gasteiger partial charge in [0.2, 0.25) is 0 Å². The van der Waals surface area contributed by atoms with Crippen molar-refractivity contribution in [2.75, 3.05) is 19.7 Å². The van der Waals surface area contributed by atoms with Gasteiger partial charge in [-0.2, -0.15) is 0 Å². The van der Waals surface area contributed by atoms with E-state index >= 15 is 0 Å². The number of hydrogen-bond donors (Lipinski definition) is 0. The highest BCUT2D eigenvalue weighted by Crippen LogP contribution is 2.18. The fourth-order valence-electron chi connectivity index (χ4n) is 3.17. The SMILES string of the molecule is CCCCOC(=O)N1CCC(Oc2cc[n+](Cc3ccccc3)cc2)CC1.[Br-]. The molecule has 2 heterocycles. The fourth-order valence-corrected chi connectivity index (χ4v) is 3.17. The molecule has 0 radical (unpaired) electrons. The molecule has 1 fully saturated rings. The highest BCUT2D eigenvalue weighted by molar-refractivity contribution is 5.67. The van der Waals surface area contributed by atoms with Gasteiger partial charge in [0.05, 0.1) is 6.61 Å².